The fourth-order valence-electron chi connectivity index (χ4n) is 2.34. The lowest BCUT2D eigenvalue weighted by atomic mass is 10.2. The standard InChI is InChI=1S/C19H17ClN2O2S/c20-15-9-7-14(8-10-15)13-17-18(24)22(11-4-12-23)19(25-17)21-16-5-2-1-3-6-16/h1-3,5-10,13,23H,4,11-12H2/b17-13-,21-19?. The number of para-hydroxylation sites is 1. The number of aliphatic imine (C=N–C) groups is 1. The number of aliphatic hydroxyl groups excluding tert-OH is 1. The third-order valence-corrected chi connectivity index (χ3v) is 4.84. The van der Waals surface area contributed by atoms with Crippen LogP contribution < -0.4 is 0 Å². The van der Waals surface area contributed by atoms with Gasteiger partial charge in [0.1, 0.15) is 0 Å². The molecule has 0 radical (unpaired) electrons. The van der Waals surface area contributed by atoms with Gasteiger partial charge in [0.05, 0.1) is 10.6 Å². The van der Waals surface area contributed by atoms with Gasteiger partial charge in [0.15, 0.2) is 5.17 Å². The Kier molecular flexibility index (Phi) is 5.91. The van der Waals surface area contributed by atoms with E-state index in [-0.39, 0.29) is 12.5 Å². The van der Waals surface area contributed by atoms with Gasteiger partial charge in [-0.25, -0.2) is 4.99 Å². The number of amides is 1. The topological polar surface area (TPSA) is 52.9 Å². The van der Waals surface area contributed by atoms with Gasteiger partial charge in [0.2, 0.25) is 0 Å². The second-order valence-electron chi connectivity index (χ2n) is 5.43. The summed E-state index contributed by atoms with van der Waals surface area (Å²) in [6.07, 6.45) is 2.34. The van der Waals surface area contributed by atoms with E-state index in [1.165, 1.54) is 11.8 Å². The van der Waals surface area contributed by atoms with Crippen molar-refractivity contribution >= 4 is 46.2 Å². The molecule has 1 aliphatic rings. The molecule has 1 amide bonds. The summed E-state index contributed by atoms with van der Waals surface area (Å²) >= 11 is 7.25. The van der Waals surface area contributed by atoms with Crippen molar-refractivity contribution in [1.82, 2.24) is 4.90 Å². The minimum absolute atomic E-state index is 0.0310. The molecule has 1 fully saturated rings. The van der Waals surface area contributed by atoms with Crippen LogP contribution in [0.5, 0.6) is 0 Å². The summed E-state index contributed by atoms with van der Waals surface area (Å²) in [5, 5.41) is 10.4. The van der Waals surface area contributed by atoms with Gasteiger partial charge in [-0.2, -0.15) is 0 Å². The minimum atomic E-state index is -0.0944. The fourth-order valence-corrected chi connectivity index (χ4v) is 3.49. The van der Waals surface area contributed by atoms with Crippen LogP contribution in [0.15, 0.2) is 64.5 Å². The van der Waals surface area contributed by atoms with E-state index in [4.69, 9.17) is 16.7 Å². The number of rotatable bonds is 5. The molecular formula is C19H17ClN2O2S. The largest absolute Gasteiger partial charge is 0.396 e. The number of nitrogens with zero attached hydrogens (tertiary/aromatic N) is 2. The van der Waals surface area contributed by atoms with Crippen LogP contribution in [0.1, 0.15) is 12.0 Å². The van der Waals surface area contributed by atoms with Gasteiger partial charge in [0, 0.05) is 18.2 Å². The van der Waals surface area contributed by atoms with Crippen molar-refractivity contribution < 1.29 is 9.90 Å². The molecule has 1 N–H and O–H groups in total. The first-order valence-electron chi connectivity index (χ1n) is 7.89. The number of benzene rings is 2. The number of thioether (sulfide) groups is 1. The van der Waals surface area contributed by atoms with E-state index in [2.05, 4.69) is 4.99 Å². The van der Waals surface area contributed by atoms with Gasteiger partial charge in [-0.3, -0.25) is 9.69 Å². The molecule has 25 heavy (non-hydrogen) atoms. The first kappa shape index (κ1) is 17.7. The number of hydrogen-bond acceptors (Lipinski definition) is 4. The Hall–Kier alpha value is -2.08. The summed E-state index contributed by atoms with van der Waals surface area (Å²) in [6, 6.07) is 16.8. The van der Waals surface area contributed by atoms with Crippen molar-refractivity contribution in [3.63, 3.8) is 0 Å². The monoisotopic (exact) mass is 372 g/mol. The van der Waals surface area contributed by atoms with Gasteiger partial charge >= 0.3 is 0 Å². The molecule has 0 bridgehead atoms. The lowest BCUT2D eigenvalue weighted by Crippen LogP contribution is -2.30. The summed E-state index contributed by atoms with van der Waals surface area (Å²) in [5.74, 6) is -0.0944. The maximum atomic E-state index is 12.7. The SMILES string of the molecule is O=C1/C(=C/c2ccc(Cl)cc2)SC(=Nc2ccccc2)N1CCCO. The van der Waals surface area contributed by atoms with Crippen molar-refractivity contribution in [2.75, 3.05) is 13.2 Å². The third-order valence-electron chi connectivity index (χ3n) is 3.58. The zero-order valence-electron chi connectivity index (χ0n) is 13.4. The Balaban J connectivity index is 1.90. The average molecular weight is 373 g/mol. The molecular weight excluding hydrogens is 356 g/mol. The molecule has 0 spiro atoms. The molecule has 1 saturated heterocycles. The average Bonchev–Trinajstić information content (AvgIpc) is 2.91. The van der Waals surface area contributed by atoms with E-state index in [9.17, 15) is 4.79 Å². The molecule has 128 valence electrons. The summed E-state index contributed by atoms with van der Waals surface area (Å²) in [7, 11) is 0. The van der Waals surface area contributed by atoms with Crippen LogP contribution in [-0.2, 0) is 4.79 Å². The van der Waals surface area contributed by atoms with Crippen LogP contribution in [0.2, 0.25) is 5.02 Å². The molecule has 0 unspecified atom stereocenters. The number of aliphatic hydroxyl groups is 1. The van der Waals surface area contributed by atoms with Crippen molar-refractivity contribution in [3.8, 4) is 0 Å². The zero-order valence-corrected chi connectivity index (χ0v) is 15.0. The number of halogens is 1. The number of carbonyl (C=O) groups excluding carboxylic acids is 1. The van der Waals surface area contributed by atoms with Crippen LogP contribution >= 0.6 is 23.4 Å². The predicted octanol–water partition coefficient (Wildman–Crippen LogP) is 4.33. The second-order valence-corrected chi connectivity index (χ2v) is 6.87. The molecule has 0 aromatic heterocycles. The second kappa shape index (κ2) is 8.34. The molecule has 2 aromatic carbocycles. The molecule has 0 aliphatic carbocycles. The smallest absolute Gasteiger partial charge is 0.266 e. The Morgan fingerprint density at radius 1 is 1.12 bits per heavy atom. The Bertz CT molecular complexity index is 804. The fraction of sp³-hybridized carbons (Fsp3) is 0.158. The molecule has 1 heterocycles. The first-order valence-corrected chi connectivity index (χ1v) is 9.08. The summed E-state index contributed by atoms with van der Waals surface area (Å²) < 4.78 is 0. The van der Waals surface area contributed by atoms with E-state index >= 15 is 0 Å². The van der Waals surface area contributed by atoms with Crippen LogP contribution in [0.4, 0.5) is 5.69 Å². The quantitative estimate of drug-likeness (QED) is 0.795. The molecule has 0 atom stereocenters. The van der Waals surface area contributed by atoms with E-state index in [1.807, 2.05) is 48.5 Å². The van der Waals surface area contributed by atoms with Crippen molar-refractivity contribution in [2.24, 2.45) is 4.99 Å². The van der Waals surface area contributed by atoms with Gasteiger partial charge in [-0.15, -0.1) is 0 Å². The predicted molar refractivity (Wildman–Crippen MR) is 104 cm³/mol. The highest BCUT2D eigenvalue weighted by Gasteiger charge is 2.32. The highest BCUT2D eigenvalue weighted by molar-refractivity contribution is 8.18. The van der Waals surface area contributed by atoms with Crippen LogP contribution in [0.3, 0.4) is 0 Å². The van der Waals surface area contributed by atoms with Crippen molar-refractivity contribution in [1.29, 1.82) is 0 Å². The van der Waals surface area contributed by atoms with E-state index in [0.29, 0.717) is 28.1 Å². The van der Waals surface area contributed by atoms with Gasteiger partial charge in [-0.05, 0) is 54.1 Å². The van der Waals surface area contributed by atoms with Gasteiger partial charge in [-0.1, -0.05) is 41.9 Å². The van der Waals surface area contributed by atoms with Gasteiger partial charge in [0.25, 0.3) is 5.91 Å². The lowest BCUT2D eigenvalue weighted by molar-refractivity contribution is -0.122. The van der Waals surface area contributed by atoms with E-state index in [1.54, 1.807) is 17.0 Å². The molecule has 6 heteroatoms. The summed E-state index contributed by atoms with van der Waals surface area (Å²) in [4.78, 5) is 19.5. The molecule has 0 saturated carbocycles. The maximum Gasteiger partial charge on any atom is 0.266 e. The van der Waals surface area contributed by atoms with E-state index < -0.39 is 0 Å². The zero-order chi connectivity index (χ0) is 17.6. The molecule has 4 nitrogen and oxygen atoms in total. The Labute approximate surface area is 155 Å². The van der Waals surface area contributed by atoms with Crippen LogP contribution in [-0.4, -0.2) is 34.2 Å². The van der Waals surface area contributed by atoms with Crippen molar-refractivity contribution in [2.45, 2.75) is 6.42 Å². The highest BCUT2D eigenvalue weighted by Crippen LogP contribution is 2.34. The highest BCUT2D eigenvalue weighted by atomic mass is 35.5. The Morgan fingerprint density at radius 2 is 1.84 bits per heavy atom. The maximum absolute atomic E-state index is 12.7. The molecule has 3 rings (SSSR count). The normalized spacial score (nSPS) is 17.7. The molecule has 1 aliphatic heterocycles. The number of amidine groups is 1. The van der Waals surface area contributed by atoms with E-state index in [0.717, 1.165) is 11.3 Å². The van der Waals surface area contributed by atoms with Crippen LogP contribution in [0, 0.1) is 0 Å². The van der Waals surface area contributed by atoms with Crippen LogP contribution in [0.25, 0.3) is 6.08 Å². The Morgan fingerprint density at radius 3 is 2.52 bits per heavy atom. The lowest BCUT2D eigenvalue weighted by Gasteiger charge is -2.14. The molecule has 2 aromatic rings. The number of hydrogen-bond donors (Lipinski definition) is 1. The summed E-state index contributed by atoms with van der Waals surface area (Å²) in [5.41, 5.74) is 1.70. The number of carbonyl (C=O) groups is 1. The van der Waals surface area contributed by atoms with Gasteiger partial charge < -0.3 is 5.11 Å². The van der Waals surface area contributed by atoms with Crippen molar-refractivity contribution in [3.05, 3.63) is 70.1 Å². The first-order chi connectivity index (χ1) is 12.2. The minimum Gasteiger partial charge on any atom is -0.396 e. The summed E-state index contributed by atoms with van der Waals surface area (Å²) in [6.45, 7) is 0.468. The third kappa shape index (κ3) is 4.51.